The van der Waals surface area contributed by atoms with Crippen LogP contribution in [0.15, 0.2) is 53.4 Å². The minimum absolute atomic E-state index is 0.00849. The fourth-order valence-electron chi connectivity index (χ4n) is 4.43. The molecule has 1 aliphatic carbocycles. The monoisotopic (exact) mass is 444 g/mol. The van der Waals surface area contributed by atoms with Crippen molar-refractivity contribution in [1.29, 1.82) is 0 Å². The van der Waals surface area contributed by atoms with Crippen LogP contribution in [0.5, 0.6) is 0 Å². The van der Waals surface area contributed by atoms with Crippen LogP contribution in [0.2, 0.25) is 0 Å². The highest BCUT2D eigenvalue weighted by atomic mass is 32.2. The van der Waals surface area contributed by atoms with Gasteiger partial charge in [-0.3, -0.25) is 0 Å². The first-order valence-corrected chi connectivity index (χ1v) is 12.4. The number of sulfonamides is 1. The van der Waals surface area contributed by atoms with Crippen LogP contribution in [-0.4, -0.2) is 25.7 Å². The summed E-state index contributed by atoms with van der Waals surface area (Å²) in [6, 6.07) is 13.5. The third-order valence-corrected chi connectivity index (χ3v) is 7.90. The zero-order valence-electron chi connectivity index (χ0n) is 18.3. The number of amides is 1. The summed E-state index contributed by atoms with van der Waals surface area (Å²) in [5, 5.41) is 13.3. The molecule has 1 fully saturated rings. The lowest BCUT2D eigenvalue weighted by Crippen LogP contribution is -2.37. The van der Waals surface area contributed by atoms with E-state index in [1.165, 1.54) is 38.2 Å². The summed E-state index contributed by atoms with van der Waals surface area (Å²) in [5.41, 5.74) is 1.30. The maximum atomic E-state index is 13.3. The van der Waals surface area contributed by atoms with Gasteiger partial charge in [-0.05, 0) is 49.4 Å². The Labute approximate surface area is 185 Å². The summed E-state index contributed by atoms with van der Waals surface area (Å²) in [5.74, 6) is 0.725. The smallest absolute Gasteiger partial charge is 0.426 e. The van der Waals surface area contributed by atoms with E-state index in [1.54, 1.807) is 49.4 Å². The zero-order valence-corrected chi connectivity index (χ0v) is 19.1. The first-order valence-electron chi connectivity index (χ1n) is 11.0. The second-order valence-electron chi connectivity index (χ2n) is 8.47. The second kappa shape index (κ2) is 10.3. The molecule has 31 heavy (non-hydrogen) atoms. The summed E-state index contributed by atoms with van der Waals surface area (Å²) in [7, 11) is -4.26. The van der Waals surface area contributed by atoms with E-state index in [1.807, 2.05) is 0 Å². The molecule has 0 saturated heterocycles. The first-order chi connectivity index (χ1) is 14.8. The molecule has 0 aliphatic heterocycles. The molecule has 3 rings (SSSR count). The van der Waals surface area contributed by atoms with Crippen molar-refractivity contribution >= 4 is 21.8 Å². The van der Waals surface area contributed by atoms with Crippen molar-refractivity contribution in [1.82, 2.24) is 5.32 Å². The van der Waals surface area contributed by atoms with Gasteiger partial charge in [0.15, 0.2) is 0 Å². The molecular weight excluding hydrogens is 412 g/mol. The van der Waals surface area contributed by atoms with Crippen LogP contribution in [0.4, 0.5) is 10.5 Å². The Hall–Kier alpha value is -2.38. The van der Waals surface area contributed by atoms with Crippen LogP contribution in [0.3, 0.4) is 0 Å². The Morgan fingerprint density at radius 3 is 2.42 bits per heavy atom. The van der Waals surface area contributed by atoms with Crippen LogP contribution < -0.4 is 9.62 Å². The van der Waals surface area contributed by atoms with E-state index < -0.39 is 16.1 Å². The van der Waals surface area contributed by atoms with E-state index in [-0.39, 0.29) is 16.6 Å². The standard InChI is InChI=1S/C24H32N2O4S/c1-18-10-6-9-15-23(18)31(29,30)26(24(27)28)22-14-8-7-13-21(22)17-25-19(2)16-20-11-4-3-5-12-20/h6-10,13-15,19-20,25H,3-5,11-12,16-17H2,1-2H3,(H,27,28)/t19-/m0/s1. The predicted molar refractivity (Wildman–Crippen MR) is 123 cm³/mol. The molecule has 0 spiro atoms. The minimum atomic E-state index is -4.26. The van der Waals surface area contributed by atoms with E-state index in [4.69, 9.17) is 0 Å². The molecule has 2 aromatic carbocycles. The molecule has 6 nitrogen and oxygen atoms in total. The Kier molecular flexibility index (Phi) is 7.73. The third-order valence-electron chi connectivity index (χ3n) is 6.05. The van der Waals surface area contributed by atoms with Gasteiger partial charge in [-0.25, -0.2) is 13.2 Å². The van der Waals surface area contributed by atoms with Gasteiger partial charge in [-0.15, -0.1) is 0 Å². The molecule has 0 bridgehead atoms. The highest BCUT2D eigenvalue weighted by Crippen LogP contribution is 2.30. The van der Waals surface area contributed by atoms with Crippen molar-refractivity contribution in [2.75, 3.05) is 4.31 Å². The van der Waals surface area contributed by atoms with Crippen LogP contribution >= 0.6 is 0 Å². The van der Waals surface area contributed by atoms with Gasteiger partial charge in [-0.1, -0.05) is 68.5 Å². The summed E-state index contributed by atoms with van der Waals surface area (Å²) in [4.78, 5) is 12.1. The number of carbonyl (C=O) groups is 1. The molecule has 1 saturated carbocycles. The van der Waals surface area contributed by atoms with Gasteiger partial charge in [0.2, 0.25) is 0 Å². The topological polar surface area (TPSA) is 86.7 Å². The van der Waals surface area contributed by atoms with Crippen molar-refractivity contribution in [2.45, 2.75) is 69.9 Å². The maximum Gasteiger partial charge on any atom is 0.426 e. The van der Waals surface area contributed by atoms with Crippen molar-refractivity contribution in [3.05, 3.63) is 59.7 Å². The minimum Gasteiger partial charge on any atom is -0.464 e. The van der Waals surface area contributed by atoms with E-state index in [2.05, 4.69) is 12.2 Å². The summed E-state index contributed by atoms with van der Waals surface area (Å²) < 4.78 is 27.0. The van der Waals surface area contributed by atoms with Crippen molar-refractivity contribution in [3.63, 3.8) is 0 Å². The Balaban J connectivity index is 1.82. The molecule has 0 unspecified atom stereocenters. The average molecular weight is 445 g/mol. The quantitative estimate of drug-likeness (QED) is 0.576. The Bertz CT molecular complexity index is 1000. The average Bonchev–Trinajstić information content (AvgIpc) is 2.73. The summed E-state index contributed by atoms with van der Waals surface area (Å²) in [6.45, 7) is 4.20. The number of carboxylic acid groups (broad SMARTS) is 1. The fraction of sp³-hybridized carbons (Fsp3) is 0.458. The molecule has 1 amide bonds. The van der Waals surface area contributed by atoms with Crippen molar-refractivity contribution < 1.29 is 18.3 Å². The number of hydrogen-bond donors (Lipinski definition) is 2. The van der Waals surface area contributed by atoms with Gasteiger partial charge in [0.25, 0.3) is 10.0 Å². The molecular formula is C24H32N2O4S. The van der Waals surface area contributed by atoms with Crippen LogP contribution in [0.25, 0.3) is 0 Å². The van der Waals surface area contributed by atoms with Crippen LogP contribution in [-0.2, 0) is 16.6 Å². The van der Waals surface area contributed by atoms with Crippen LogP contribution in [0, 0.1) is 12.8 Å². The normalized spacial score (nSPS) is 16.1. The Morgan fingerprint density at radius 2 is 1.74 bits per heavy atom. The summed E-state index contributed by atoms with van der Waals surface area (Å²) in [6.07, 6.45) is 6.01. The molecule has 0 radical (unpaired) electrons. The lowest BCUT2D eigenvalue weighted by molar-refractivity contribution is 0.206. The van der Waals surface area contributed by atoms with Gasteiger partial charge in [-0.2, -0.15) is 4.31 Å². The predicted octanol–water partition coefficient (Wildman–Crippen LogP) is 5.32. The maximum absolute atomic E-state index is 13.3. The molecule has 0 heterocycles. The SMILES string of the molecule is Cc1ccccc1S(=O)(=O)N(C(=O)O)c1ccccc1CN[C@@H](C)CC1CCCCC1. The number of hydrogen-bond acceptors (Lipinski definition) is 4. The number of benzene rings is 2. The molecule has 1 atom stereocenters. The lowest BCUT2D eigenvalue weighted by atomic mass is 9.85. The van der Waals surface area contributed by atoms with Crippen LogP contribution in [0.1, 0.15) is 56.6 Å². The molecule has 1 aliphatic rings. The number of para-hydroxylation sites is 1. The Morgan fingerprint density at radius 1 is 1.10 bits per heavy atom. The van der Waals surface area contributed by atoms with E-state index in [0.29, 0.717) is 22.0 Å². The highest BCUT2D eigenvalue weighted by Gasteiger charge is 2.33. The largest absolute Gasteiger partial charge is 0.464 e. The van der Waals surface area contributed by atoms with Crippen molar-refractivity contribution in [2.24, 2.45) is 5.92 Å². The number of rotatable bonds is 8. The third kappa shape index (κ3) is 5.66. The number of aryl methyl sites for hydroxylation is 1. The van der Waals surface area contributed by atoms with E-state index in [9.17, 15) is 18.3 Å². The lowest BCUT2D eigenvalue weighted by Gasteiger charge is -2.26. The molecule has 7 heteroatoms. The summed E-state index contributed by atoms with van der Waals surface area (Å²) >= 11 is 0. The number of nitrogens with one attached hydrogen (secondary N) is 1. The number of nitrogens with zero attached hydrogens (tertiary/aromatic N) is 1. The molecule has 2 N–H and O–H groups in total. The van der Waals surface area contributed by atoms with Gasteiger partial charge in [0, 0.05) is 12.6 Å². The highest BCUT2D eigenvalue weighted by molar-refractivity contribution is 7.93. The second-order valence-corrected chi connectivity index (χ2v) is 10.2. The molecule has 0 aromatic heterocycles. The fourth-order valence-corrected chi connectivity index (χ4v) is 5.99. The van der Waals surface area contributed by atoms with Gasteiger partial charge in [0.1, 0.15) is 0 Å². The van der Waals surface area contributed by atoms with Gasteiger partial charge < -0.3 is 10.4 Å². The number of anilines is 1. The van der Waals surface area contributed by atoms with E-state index >= 15 is 0 Å². The zero-order chi connectivity index (χ0) is 22.4. The first kappa shape index (κ1) is 23.3. The van der Waals surface area contributed by atoms with Gasteiger partial charge in [0.05, 0.1) is 10.6 Å². The van der Waals surface area contributed by atoms with E-state index in [0.717, 1.165) is 12.3 Å². The van der Waals surface area contributed by atoms with Crippen molar-refractivity contribution in [3.8, 4) is 0 Å². The van der Waals surface area contributed by atoms with Gasteiger partial charge >= 0.3 is 6.09 Å². The molecule has 2 aromatic rings. The molecule has 168 valence electrons.